The minimum absolute atomic E-state index is 0.191. The standard InChI is InChI=1S/C49H97N.C11H18S.C4H8.4C2H6/c1-7-11-14-17-24-31-39-48(36-10-4)44-46(5)37-29-22-20-27-34-42-50-43-35-28-21-23-30-38-47(6)45-49(40-32-25-18-15-12-8-2)41-33-26-19-16-13-9-3;1-5-8-10(7-3)11(12)9(4)6-2;1-3-4-2;4*1-2/h48-50H,5-45H2,1-4H3;5,7-8,11-12H,4,6H2,1-3H3;3-4H,1-2H3;4*1-2H3/b;8-5?,10-7+;;;;;. The van der Waals surface area contributed by atoms with Crippen LogP contribution in [0.15, 0.2) is 72.4 Å². The molecule has 446 valence electrons. The highest BCUT2D eigenvalue weighted by Gasteiger charge is 2.12. The summed E-state index contributed by atoms with van der Waals surface area (Å²) in [4.78, 5) is 0. The summed E-state index contributed by atoms with van der Waals surface area (Å²) in [6.07, 6.45) is 62.8. The van der Waals surface area contributed by atoms with Crippen molar-refractivity contribution in [1.82, 2.24) is 5.32 Å². The molecular weight excluding hydrogens is 911 g/mol. The van der Waals surface area contributed by atoms with Crippen LogP contribution in [0.4, 0.5) is 0 Å². The van der Waals surface area contributed by atoms with Gasteiger partial charge in [-0.15, -0.1) is 0 Å². The summed E-state index contributed by atoms with van der Waals surface area (Å²) in [5, 5.41) is 3.91. The van der Waals surface area contributed by atoms with Crippen molar-refractivity contribution >= 4 is 12.6 Å². The largest absolute Gasteiger partial charge is 0.317 e. The summed E-state index contributed by atoms with van der Waals surface area (Å²) >= 11 is 4.50. The Morgan fingerprint density at radius 3 is 1.00 bits per heavy atom. The van der Waals surface area contributed by atoms with E-state index in [2.05, 4.69) is 84.5 Å². The van der Waals surface area contributed by atoms with Crippen molar-refractivity contribution in [2.24, 2.45) is 11.8 Å². The molecule has 0 heterocycles. The summed E-state index contributed by atoms with van der Waals surface area (Å²) in [6, 6.07) is 0. The van der Waals surface area contributed by atoms with E-state index in [1.807, 2.05) is 101 Å². The number of rotatable bonds is 47. The Kier molecular flexibility index (Phi) is 97.3. The Labute approximate surface area is 479 Å². The van der Waals surface area contributed by atoms with Crippen molar-refractivity contribution in [3.63, 3.8) is 0 Å². The van der Waals surface area contributed by atoms with Crippen molar-refractivity contribution in [1.29, 1.82) is 0 Å². The molecule has 1 N–H and O–H groups in total. The summed E-state index contributed by atoms with van der Waals surface area (Å²) in [5.74, 6) is 1.80. The zero-order chi connectivity index (χ0) is 57.6. The highest BCUT2D eigenvalue weighted by atomic mass is 32.1. The van der Waals surface area contributed by atoms with E-state index in [1.54, 1.807) is 5.57 Å². The second kappa shape index (κ2) is 83.1. The van der Waals surface area contributed by atoms with Gasteiger partial charge in [-0.3, -0.25) is 0 Å². The molecule has 2 atom stereocenters. The molecule has 0 saturated heterocycles. The maximum Gasteiger partial charge on any atom is 0.0470 e. The van der Waals surface area contributed by atoms with Crippen molar-refractivity contribution in [3.8, 4) is 0 Å². The molecule has 0 aliphatic carbocycles. The van der Waals surface area contributed by atoms with E-state index in [0.29, 0.717) is 0 Å². The van der Waals surface area contributed by atoms with Gasteiger partial charge in [0.1, 0.15) is 0 Å². The molecule has 2 unspecified atom stereocenters. The second-order valence-electron chi connectivity index (χ2n) is 20.3. The third-order valence-corrected chi connectivity index (χ3v) is 14.4. The number of hydrogen-bond acceptors (Lipinski definition) is 2. The van der Waals surface area contributed by atoms with E-state index in [4.69, 9.17) is 0 Å². The number of nitrogens with one attached hydrogen (secondary N) is 1. The third-order valence-electron chi connectivity index (χ3n) is 13.7. The van der Waals surface area contributed by atoms with E-state index in [9.17, 15) is 0 Å². The Morgan fingerprint density at radius 1 is 0.392 bits per heavy atom. The summed E-state index contributed by atoms with van der Waals surface area (Å²) in [7, 11) is 0. The van der Waals surface area contributed by atoms with Crippen LogP contribution in [0.5, 0.6) is 0 Å². The molecule has 0 amide bonds. The fraction of sp³-hybridized carbons (Fsp3) is 0.833. The quantitative estimate of drug-likeness (QED) is 0.0268. The van der Waals surface area contributed by atoms with Gasteiger partial charge >= 0.3 is 0 Å². The molecule has 0 saturated carbocycles. The third kappa shape index (κ3) is 75.0. The first kappa shape index (κ1) is 86.6. The van der Waals surface area contributed by atoms with E-state index < -0.39 is 0 Å². The Morgan fingerprint density at radius 2 is 0.703 bits per heavy atom. The molecule has 0 fully saturated rings. The zero-order valence-electron chi connectivity index (χ0n) is 55.0. The molecular formula is C72H147NS. The maximum absolute atomic E-state index is 4.56. The molecule has 0 radical (unpaired) electrons. The van der Waals surface area contributed by atoms with Crippen molar-refractivity contribution in [2.75, 3.05) is 13.1 Å². The summed E-state index contributed by atoms with van der Waals surface area (Å²) < 4.78 is 0. The SMILES string of the molecule is C=C(CC)C(S)/C(C=CC)=C/C.C=C(CCCCCCCNCCCCCCCC(=C)CC(CCCCCCCC)CCCCCCCC)CC(CCC)CCCCCCCC.CC.CC.CC.CC.CC=CC. The molecule has 0 aliphatic rings. The van der Waals surface area contributed by atoms with Gasteiger partial charge in [0.2, 0.25) is 0 Å². The topological polar surface area (TPSA) is 12.0 Å². The van der Waals surface area contributed by atoms with Crippen molar-refractivity contribution in [3.05, 3.63) is 72.4 Å². The second-order valence-corrected chi connectivity index (χ2v) is 20.8. The highest BCUT2D eigenvalue weighted by molar-refractivity contribution is 7.81. The molecule has 2 heteroatoms. The molecule has 0 aromatic rings. The lowest BCUT2D eigenvalue weighted by Gasteiger charge is -2.19. The lowest BCUT2D eigenvalue weighted by molar-refractivity contribution is 0.396. The fourth-order valence-electron chi connectivity index (χ4n) is 9.17. The van der Waals surface area contributed by atoms with Crippen molar-refractivity contribution < 1.29 is 0 Å². The Bertz CT molecular complexity index is 1070. The smallest absolute Gasteiger partial charge is 0.0470 e. The summed E-state index contributed by atoms with van der Waals surface area (Å²) in [6.45, 7) is 50.9. The molecule has 0 rings (SSSR count). The van der Waals surface area contributed by atoms with Crippen LogP contribution in [0.25, 0.3) is 0 Å². The Hall–Kier alpha value is -1.25. The predicted octanol–water partition coefficient (Wildman–Crippen LogP) is 26.9. The van der Waals surface area contributed by atoms with Gasteiger partial charge in [-0.1, -0.05) is 343 Å². The monoisotopic (exact) mass is 1060 g/mol. The van der Waals surface area contributed by atoms with Gasteiger partial charge in [0, 0.05) is 5.25 Å². The van der Waals surface area contributed by atoms with Gasteiger partial charge in [-0.25, -0.2) is 0 Å². The molecule has 74 heavy (non-hydrogen) atoms. The number of unbranched alkanes of at least 4 members (excludes halogenated alkanes) is 23. The normalized spacial score (nSPS) is 11.6. The summed E-state index contributed by atoms with van der Waals surface area (Å²) in [5.41, 5.74) is 5.49. The maximum atomic E-state index is 4.56. The van der Waals surface area contributed by atoms with Crippen LogP contribution in [0.3, 0.4) is 0 Å². The predicted molar refractivity (Wildman–Crippen MR) is 358 cm³/mol. The van der Waals surface area contributed by atoms with Gasteiger partial charge < -0.3 is 5.32 Å². The van der Waals surface area contributed by atoms with Crippen LogP contribution in [-0.4, -0.2) is 18.3 Å². The Balaban J connectivity index is -0.000000311. The van der Waals surface area contributed by atoms with Gasteiger partial charge in [-0.2, -0.15) is 12.6 Å². The lowest BCUT2D eigenvalue weighted by atomic mass is 9.87. The van der Waals surface area contributed by atoms with E-state index in [1.165, 1.54) is 267 Å². The van der Waals surface area contributed by atoms with E-state index >= 15 is 0 Å². The first-order valence-corrected chi connectivity index (χ1v) is 33.9. The first-order valence-electron chi connectivity index (χ1n) is 33.4. The van der Waals surface area contributed by atoms with Gasteiger partial charge in [0.05, 0.1) is 0 Å². The van der Waals surface area contributed by atoms with Crippen LogP contribution < -0.4 is 5.32 Å². The lowest BCUT2D eigenvalue weighted by Crippen LogP contribution is -2.16. The van der Waals surface area contributed by atoms with Crippen LogP contribution >= 0.6 is 12.6 Å². The van der Waals surface area contributed by atoms with Gasteiger partial charge in [0.15, 0.2) is 0 Å². The number of hydrogen-bond donors (Lipinski definition) is 2. The molecule has 0 spiro atoms. The molecule has 0 bridgehead atoms. The molecule has 0 aromatic heterocycles. The highest BCUT2D eigenvalue weighted by Crippen LogP contribution is 2.28. The van der Waals surface area contributed by atoms with Gasteiger partial charge in [0.25, 0.3) is 0 Å². The average molecular weight is 1060 g/mol. The van der Waals surface area contributed by atoms with Crippen LogP contribution in [-0.2, 0) is 0 Å². The number of thiol groups is 1. The van der Waals surface area contributed by atoms with Crippen LogP contribution in [0.1, 0.15) is 362 Å². The zero-order valence-corrected chi connectivity index (χ0v) is 55.9. The fourth-order valence-corrected chi connectivity index (χ4v) is 9.59. The average Bonchev–Trinajstić information content (AvgIpc) is 3.43. The van der Waals surface area contributed by atoms with E-state index in [0.717, 1.165) is 18.3 Å². The van der Waals surface area contributed by atoms with Gasteiger partial charge in [-0.05, 0) is 116 Å². The first-order chi connectivity index (χ1) is 36.1. The van der Waals surface area contributed by atoms with Crippen LogP contribution in [0.2, 0.25) is 0 Å². The molecule has 0 aromatic carbocycles. The van der Waals surface area contributed by atoms with Crippen LogP contribution in [0, 0.1) is 11.8 Å². The van der Waals surface area contributed by atoms with Crippen molar-refractivity contribution in [2.45, 2.75) is 367 Å². The molecule has 1 nitrogen and oxygen atoms in total. The van der Waals surface area contributed by atoms with E-state index in [-0.39, 0.29) is 5.25 Å². The number of allylic oxidation sites excluding steroid dienone is 7. The minimum atomic E-state index is 0.191. The molecule has 0 aliphatic heterocycles. The minimum Gasteiger partial charge on any atom is -0.317 e.